The average Bonchev–Trinajstić information content (AvgIpc) is 2.28. The van der Waals surface area contributed by atoms with Crippen molar-refractivity contribution in [2.75, 3.05) is 0 Å². The second-order valence-corrected chi connectivity index (χ2v) is 2.53. The minimum atomic E-state index is -1.12. The van der Waals surface area contributed by atoms with Gasteiger partial charge in [-0.1, -0.05) is 12.2 Å². The summed E-state index contributed by atoms with van der Waals surface area (Å²) < 4.78 is 0. The van der Waals surface area contributed by atoms with E-state index < -0.39 is 11.9 Å². The third-order valence-corrected chi connectivity index (χ3v) is 1.60. The summed E-state index contributed by atoms with van der Waals surface area (Å²) in [6, 6.07) is 0. The van der Waals surface area contributed by atoms with Gasteiger partial charge < -0.3 is 10.2 Å². The van der Waals surface area contributed by atoms with Gasteiger partial charge in [0.05, 0.1) is 5.57 Å². The van der Waals surface area contributed by atoms with E-state index in [1.807, 2.05) is 0 Å². The Morgan fingerprint density at radius 3 is 2.46 bits per heavy atom. The van der Waals surface area contributed by atoms with Gasteiger partial charge in [0.25, 0.3) is 0 Å². The van der Waals surface area contributed by atoms with Crippen LogP contribution in [0.1, 0.15) is 6.42 Å². The van der Waals surface area contributed by atoms with Crippen molar-refractivity contribution in [2.24, 2.45) is 0 Å². The molecule has 0 radical (unpaired) electrons. The summed E-state index contributed by atoms with van der Waals surface area (Å²) in [4.78, 5) is 21.1. The molecular formula is C9H8O4. The van der Waals surface area contributed by atoms with E-state index in [9.17, 15) is 9.59 Å². The maximum Gasteiger partial charge on any atom is 0.335 e. The Bertz CT molecular complexity index is 334. The lowest BCUT2D eigenvalue weighted by Crippen LogP contribution is -2.03. The molecule has 2 N–H and O–H groups in total. The molecule has 0 aromatic rings. The van der Waals surface area contributed by atoms with Gasteiger partial charge in [0.1, 0.15) is 0 Å². The van der Waals surface area contributed by atoms with Crippen LogP contribution < -0.4 is 0 Å². The first-order valence-corrected chi connectivity index (χ1v) is 3.65. The molecule has 0 aromatic heterocycles. The summed E-state index contributed by atoms with van der Waals surface area (Å²) in [6.45, 7) is 0. The molecule has 0 fully saturated rings. The fourth-order valence-corrected chi connectivity index (χ4v) is 0.944. The zero-order valence-corrected chi connectivity index (χ0v) is 6.73. The van der Waals surface area contributed by atoms with Gasteiger partial charge in [-0.05, 0) is 18.6 Å². The molecule has 0 amide bonds. The number of allylic oxidation sites excluding steroid dienone is 3. The lowest BCUT2D eigenvalue weighted by atomic mass is 10.1. The minimum Gasteiger partial charge on any atom is -0.478 e. The molecule has 4 nitrogen and oxygen atoms in total. The topological polar surface area (TPSA) is 74.6 Å². The predicted molar refractivity (Wildman–Crippen MR) is 45.2 cm³/mol. The van der Waals surface area contributed by atoms with Crippen molar-refractivity contribution in [3.8, 4) is 0 Å². The third-order valence-electron chi connectivity index (χ3n) is 1.60. The van der Waals surface area contributed by atoms with Crippen LogP contribution in [0.3, 0.4) is 0 Å². The lowest BCUT2D eigenvalue weighted by Gasteiger charge is -1.96. The molecule has 0 unspecified atom stereocenters. The van der Waals surface area contributed by atoms with Crippen LogP contribution in [-0.4, -0.2) is 22.2 Å². The molecule has 0 aromatic carbocycles. The number of aliphatic carboxylic acids is 2. The van der Waals surface area contributed by atoms with Crippen LogP contribution in [0.25, 0.3) is 0 Å². The molecule has 4 heteroatoms. The molecule has 1 aliphatic rings. The van der Waals surface area contributed by atoms with Crippen LogP contribution in [-0.2, 0) is 9.59 Å². The van der Waals surface area contributed by atoms with E-state index in [0.29, 0.717) is 0 Å². The fraction of sp³-hybridized carbons (Fsp3) is 0.111. The maximum absolute atomic E-state index is 10.6. The number of carboxylic acid groups (broad SMARTS) is 2. The van der Waals surface area contributed by atoms with E-state index >= 15 is 0 Å². The Kier molecular flexibility index (Phi) is 2.64. The Balaban J connectivity index is 3.03. The molecule has 1 rings (SSSR count). The molecular weight excluding hydrogens is 172 g/mol. The van der Waals surface area contributed by atoms with E-state index in [1.165, 1.54) is 18.2 Å². The molecule has 0 spiro atoms. The number of carbonyl (C=O) groups is 2. The van der Waals surface area contributed by atoms with Crippen molar-refractivity contribution in [3.63, 3.8) is 0 Å². The quantitative estimate of drug-likeness (QED) is 0.663. The monoisotopic (exact) mass is 180 g/mol. The molecule has 1 aliphatic carbocycles. The highest BCUT2D eigenvalue weighted by Crippen LogP contribution is 2.12. The van der Waals surface area contributed by atoms with Gasteiger partial charge in [0, 0.05) is 5.57 Å². The summed E-state index contributed by atoms with van der Waals surface area (Å²) in [5.41, 5.74) is 0.0774. The van der Waals surface area contributed by atoms with Crippen molar-refractivity contribution in [1.29, 1.82) is 0 Å². The zero-order chi connectivity index (χ0) is 9.84. The normalized spacial score (nSPS) is 15.7. The average molecular weight is 180 g/mol. The summed E-state index contributed by atoms with van der Waals surface area (Å²) in [5.74, 6) is -2.20. The molecule has 68 valence electrons. The molecule has 13 heavy (non-hydrogen) atoms. The first-order chi connectivity index (χ1) is 6.11. The second-order valence-electron chi connectivity index (χ2n) is 2.53. The number of rotatable bonds is 2. The zero-order valence-electron chi connectivity index (χ0n) is 6.73. The van der Waals surface area contributed by atoms with Crippen molar-refractivity contribution >= 4 is 11.9 Å². The number of hydrogen-bond acceptors (Lipinski definition) is 2. The van der Waals surface area contributed by atoms with Crippen LogP contribution in [0.4, 0.5) is 0 Å². The SMILES string of the molecule is O=C(O)C1=CC=CCC(C(=O)O)=C1. The highest BCUT2D eigenvalue weighted by atomic mass is 16.4. The largest absolute Gasteiger partial charge is 0.478 e. The van der Waals surface area contributed by atoms with Gasteiger partial charge in [0.15, 0.2) is 0 Å². The first kappa shape index (κ1) is 9.25. The van der Waals surface area contributed by atoms with Gasteiger partial charge in [-0.25, -0.2) is 9.59 Å². The third kappa shape index (κ3) is 2.30. The van der Waals surface area contributed by atoms with Gasteiger partial charge in [-0.2, -0.15) is 0 Å². The van der Waals surface area contributed by atoms with Crippen molar-refractivity contribution < 1.29 is 19.8 Å². The smallest absolute Gasteiger partial charge is 0.335 e. The van der Waals surface area contributed by atoms with Gasteiger partial charge >= 0.3 is 11.9 Å². The Morgan fingerprint density at radius 1 is 1.23 bits per heavy atom. The number of hydrogen-bond donors (Lipinski definition) is 2. The molecule has 0 heterocycles. The fourth-order valence-electron chi connectivity index (χ4n) is 0.944. The van der Waals surface area contributed by atoms with E-state index in [0.717, 1.165) is 0 Å². The van der Waals surface area contributed by atoms with E-state index in [2.05, 4.69) is 0 Å². The molecule has 0 saturated heterocycles. The Hall–Kier alpha value is -1.84. The summed E-state index contributed by atoms with van der Waals surface area (Å²) in [5, 5.41) is 17.3. The van der Waals surface area contributed by atoms with E-state index in [4.69, 9.17) is 10.2 Å². The van der Waals surface area contributed by atoms with Crippen molar-refractivity contribution in [2.45, 2.75) is 6.42 Å². The predicted octanol–water partition coefficient (Wildman–Crippen LogP) is 0.968. The molecule has 0 aliphatic heterocycles. The maximum atomic E-state index is 10.6. The van der Waals surface area contributed by atoms with Crippen molar-refractivity contribution in [3.05, 3.63) is 35.5 Å². The van der Waals surface area contributed by atoms with Crippen LogP contribution in [0, 0.1) is 0 Å². The highest BCUT2D eigenvalue weighted by Gasteiger charge is 2.11. The van der Waals surface area contributed by atoms with Crippen LogP contribution in [0.5, 0.6) is 0 Å². The molecule has 0 atom stereocenters. The summed E-state index contributed by atoms with van der Waals surface area (Å²) in [6.07, 6.45) is 5.94. The van der Waals surface area contributed by atoms with E-state index in [1.54, 1.807) is 6.08 Å². The molecule has 0 saturated carbocycles. The standard InChI is InChI=1S/C9H8O4/c10-8(11)6-3-1-2-4-7(5-6)9(12)13/h1-3,5H,4H2,(H,10,11)(H,12,13). The summed E-state index contributed by atoms with van der Waals surface area (Å²) >= 11 is 0. The van der Waals surface area contributed by atoms with E-state index in [-0.39, 0.29) is 17.6 Å². The van der Waals surface area contributed by atoms with Crippen LogP contribution in [0.2, 0.25) is 0 Å². The van der Waals surface area contributed by atoms with Gasteiger partial charge in [-0.15, -0.1) is 0 Å². The highest BCUT2D eigenvalue weighted by molar-refractivity contribution is 5.95. The first-order valence-electron chi connectivity index (χ1n) is 3.65. The summed E-state index contributed by atoms with van der Waals surface area (Å²) in [7, 11) is 0. The van der Waals surface area contributed by atoms with Crippen LogP contribution >= 0.6 is 0 Å². The lowest BCUT2D eigenvalue weighted by molar-refractivity contribution is -0.132. The Morgan fingerprint density at radius 2 is 1.92 bits per heavy atom. The minimum absolute atomic E-state index is 0.00819. The van der Waals surface area contributed by atoms with Gasteiger partial charge in [0.2, 0.25) is 0 Å². The Labute approximate surface area is 74.5 Å². The van der Waals surface area contributed by atoms with Gasteiger partial charge in [-0.3, -0.25) is 0 Å². The van der Waals surface area contributed by atoms with Crippen molar-refractivity contribution in [1.82, 2.24) is 0 Å². The second kappa shape index (κ2) is 3.71. The molecule has 0 bridgehead atoms. The number of carboxylic acids is 2. The van der Waals surface area contributed by atoms with Crippen LogP contribution in [0.15, 0.2) is 35.5 Å².